The zero-order chi connectivity index (χ0) is 14.8. The first-order valence-electron chi connectivity index (χ1n) is 6.62. The van der Waals surface area contributed by atoms with Gasteiger partial charge in [-0.3, -0.25) is 4.79 Å². The van der Waals surface area contributed by atoms with Crippen LogP contribution in [0.1, 0.15) is 0 Å². The largest absolute Gasteiger partial charge is 0.323 e. The summed E-state index contributed by atoms with van der Waals surface area (Å²) in [6.45, 7) is 0.258. The molecule has 0 aliphatic heterocycles. The second kappa shape index (κ2) is 5.58. The van der Waals surface area contributed by atoms with Gasteiger partial charge in [-0.25, -0.2) is 9.13 Å². The SMILES string of the molecule is C[n+]1cn(CC(=O)Nc2cccc(Cl)c2)c2ccccc21. The molecule has 3 rings (SSSR count). The summed E-state index contributed by atoms with van der Waals surface area (Å²) in [5.41, 5.74) is 2.82. The van der Waals surface area contributed by atoms with E-state index in [1.54, 1.807) is 12.1 Å². The van der Waals surface area contributed by atoms with Crippen molar-refractivity contribution in [2.24, 2.45) is 7.05 Å². The first-order chi connectivity index (χ1) is 10.1. The number of para-hydroxylation sites is 2. The van der Waals surface area contributed by atoms with Crippen molar-refractivity contribution in [2.75, 3.05) is 5.32 Å². The van der Waals surface area contributed by atoms with Gasteiger partial charge in [-0.1, -0.05) is 29.8 Å². The van der Waals surface area contributed by atoms with Crippen LogP contribution >= 0.6 is 11.6 Å². The second-order valence-corrected chi connectivity index (χ2v) is 5.34. The van der Waals surface area contributed by atoms with Crippen LogP contribution in [0.15, 0.2) is 54.9 Å². The molecule has 0 radical (unpaired) electrons. The summed E-state index contributed by atoms with van der Waals surface area (Å²) in [6.07, 6.45) is 1.92. The molecule has 106 valence electrons. The number of anilines is 1. The van der Waals surface area contributed by atoms with Crippen molar-refractivity contribution >= 4 is 34.2 Å². The second-order valence-electron chi connectivity index (χ2n) is 4.90. The van der Waals surface area contributed by atoms with Crippen molar-refractivity contribution in [3.05, 3.63) is 59.9 Å². The maximum Gasteiger partial charge on any atom is 0.266 e. The van der Waals surface area contributed by atoms with Crippen molar-refractivity contribution in [1.82, 2.24) is 4.57 Å². The molecule has 0 fully saturated rings. The van der Waals surface area contributed by atoms with E-state index in [9.17, 15) is 4.79 Å². The number of aromatic nitrogens is 2. The number of rotatable bonds is 3. The average Bonchev–Trinajstić information content (AvgIpc) is 2.76. The third kappa shape index (κ3) is 2.90. The summed E-state index contributed by atoms with van der Waals surface area (Å²) in [6, 6.07) is 15.1. The molecule has 0 saturated heterocycles. The number of halogens is 1. The van der Waals surface area contributed by atoms with Gasteiger partial charge in [0, 0.05) is 10.7 Å². The van der Waals surface area contributed by atoms with E-state index in [1.165, 1.54) is 0 Å². The lowest BCUT2D eigenvalue weighted by molar-refractivity contribution is -0.645. The van der Waals surface area contributed by atoms with Gasteiger partial charge in [0.2, 0.25) is 6.33 Å². The van der Waals surface area contributed by atoms with Crippen LogP contribution in [0.2, 0.25) is 5.02 Å². The predicted octanol–water partition coefficient (Wildman–Crippen LogP) is 2.76. The molecule has 0 spiro atoms. The molecule has 3 aromatic rings. The number of benzene rings is 2. The topological polar surface area (TPSA) is 37.9 Å². The first-order valence-corrected chi connectivity index (χ1v) is 7.00. The Bertz CT molecular complexity index is 810. The van der Waals surface area contributed by atoms with E-state index in [4.69, 9.17) is 11.6 Å². The molecule has 0 aliphatic carbocycles. The van der Waals surface area contributed by atoms with Crippen molar-refractivity contribution in [1.29, 1.82) is 0 Å². The Morgan fingerprint density at radius 2 is 2.05 bits per heavy atom. The van der Waals surface area contributed by atoms with Crippen LogP contribution in [-0.2, 0) is 18.4 Å². The number of carbonyl (C=O) groups is 1. The third-order valence-electron chi connectivity index (χ3n) is 3.31. The molecule has 1 aromatic heterocycles. The van der Waals surface area contributed by atoms with Crippen LogP contribution in [-0.4, -0.2) is 10.5 Å². The van der Waals surface area contributed by atoms with Gasteiger partial charge < -0.3 is 5.32 Å². The van der Waals surface area contributed by atoms with E-state index in [2.05, 4.69) is 5.32 Å². The molecular weight excluding hydrogens is 286 g/mol. The summed E-state index contributed by atoms with van der Waals surface area (Å²) in [4.78, 5) is 12.2. The zero-order valence-corrected chi connectivity index (χ0v) is 12.3. The molecular formula is C16H15ClN3O+. The number of hydrogen-bond acceptors (Lipinski definition) is 1. The van der Waals surface area contributed by atoms with Gasteiger partial charge in [0.15, 0.2) is 17.6 Å². The average molecular weight is 301 g/mol. The standard InChI is InChI=1S/C16H14ClN3O/c1-19-11-20(15-8-3-2-7-14(15)19)10-16(21)18-13-6-4-5-12(17)9-13/h2-9,11H,10H2,1H3/p+1. The molecule has 4 nitrogen and oxygen atoms in total. The molecule has 0 saturated carbocycles. The molecule has 0 atom stereocenters. The monoisotopic (exact) mass is 300 g/mol. The predicted molar refractivity (Wildman–Crippen MR) is 83.2 cm³/mol. The van der Waals surface area contributed by atoms with E-state index < -0.39 is 0 Å². The summed E-state index contributed by atoms with van der Waals surface area (Å²) in [7, 11) is 1.97. The molecule has 0 bridgehead atoms. The Balaban J connectivity index is 1.80. The summed E-state index contributed by atoms with van der Waals surface area (Å²) >= 11 is 5.91. The van der Waals surface area contributed by atoms with Crippen LogP contribution in [0.3, 0.4) is 0 Å². The highest BCUT2D eigenvalue weighted by atomic mass is 35.5. The van der Waals surface area contributed by atoms with E-state index >= 15 is 0 Å². The van der Waals surface area contributed by atoms with Gasteiger partial charge in [0.25, 0.3) is 5.91 Å². The molecule has 1 heterocycles. The van der Waals surface area contributed by atoms with Gasteiger partial charge in [0.1, 0.15) is 0 Å². The normalized spacial score (nSPS) is 10.8. The summed E-state index contributed by atoms with van der Waals surface area (Å²) < 4.78 is 3.93. The summed E-state index contributed by atoms with van der Waals surface area (Å²) in [5.74, 6) is -0.0846. The smallest absolute Gasteiger partial charge is 0.266 e. The Labute approximate surface area is 127 Å². The maximum atomic E-state index is 12.2. The molecule has 1 N–H and O–H groups in total. The van der Waals surface area contributed by atoms with Crippen molar-refractivity contribution in [3.8, 4) is 0 Å². The molecule has 0 unspecified atom stereocenters. The Morgan fingerprint density at radius 1 is 1.24 bits per heavy atom. The lowest BCUT2D eigenvalue weighted by atomic mass is 10.3. The van der Waals surface area contributed by atoms with E-state index in [1.807, 2.05) is 58.9 Å². The van der Waals surface area contributed by atoms with Crippen molar-refractivity contribution in [2.45, 2.75) is 6.54 Å². The minimum atomic E-state index is -0.0846. The molecule has 5 heteroatoms. The fraction of sp³-hybridized carbons (Fsp3) is 0.125. The number of hydrogen-bond donors (Lipinski definition) is 1. The van der Waals surface area contributed by atoms with E-state index in [-0.39, 0.29) is 12.5 Å². The first kappa shape index (κ1) is 13.6. The number of aryl methyl sites for hydroxylation is 1. The highest BCUT2D eigenvalue weighted by Crippen LogP contribution is 2.15. The Morgan fingerprint density at radius 3 is 2.86 bits per heavy atom. The fourth-order valence-corrected chi connectivity index (χ4v) is 2.58. The van der Waals surface area contributed by atoms with E-state index in [0.29, 0.717) is 10.7 Å². The lowest BCUT2D eigenvalue weighted by Crippen LogP contribution is -2.26. The highest BCUT2D eigenvalue weighted by Gasteiger charge is 2.15. The zero-order valence-electron chi connectivity index (χ0n) is 11.6. The van der Waals surface area contributed by atoms with Gasteiger partial charge in [-0.05, 0) is 30.3 Å². The molecule has 0 aliphatic rings. The van der Waals surface area contributed by atoms with Crippen LogP contribution in [0, 0.1) is 0 Å². The minimum absolute atomic E-state index is 0.0846. The van der Waals surface area contributed by atoms with Gasteiger partial charge >= 0.3 is 0 Å². The van der Waals surface area contributed by atoms with E-state index in [0.717, 1.165) is 11.0 Å². The maximum absolute atomic E-state index is 12.2. The third-order valence-corrected chi connectivity index (χ3v) is 3.54. The van der Waals surface area contributed by atoms with Crippen LogP contribution in [0.25, 0.3) is 11.0 Å². The van der Waals surface area contributed by atoms with Crippen molar-refractivity contribution < 1.29 is 9.36 Å². The fourth-order valence-electron chi connectivity index (χ4n) is 2.39. The molecule has 2 aromatic carbocycles. The minimum Gasteiger partial charge on any atom is -0.323 e. The van der Waals surface area contributed by atoms with Crippen LogP contribution in [0.5, 0.6) is 0 Å². The summed E-state index contributed by atoms with van der Waals surface area (Å²) in [5, 5.41) is 3.45. The van der Waals surface area contributed by atoms with Crippen LogP contribution < -0.4 is 9.88 Å². The number of nitrogens with one attached hydrogen (secondary N) is 1. The lowest BCUT2D eigenvalue weighted by Gasteiger charge is -2.04. The van der Waals surface area contributed by atoms with Crippen molar-refractivity contribution in [3.63, 3.8) is 0 Å². The number of nitrogens with zero attached hydrogens (tertiary/aromatic N) is 2. The number of imidazole rings is 1. The van der Waals surface area contributed by atoms with Crippen LogP contribution in [0.4, 0.5) is 5.69 Å². The Kier molecular flexibility index (Phi) is 3.62. The highest BCUT2D eigenvalue weighted by molar-refractivity contribution is 6.30. The quantitative estimate of drug-likeness (QED) is 0.742. The van der Waals surface area contributed by atoms with Gasteiger partial charge in [-0.15, -0.1) is 0 Å². The Hall–Kier alpha value is -2.33. The number of carbonyl (C=O) groups excluding carboxylic acids is 1. The molecule has 1 amide bonds. The van der Waals surface area contributed by atoms with Gasteiger partial charge in [-0.2, -0.15) is 0 Å². The number of amides is 1. The molecule has 21 heavy (non-hydrogen) atoms. The van der Waals surface area contributed by atoms with Gasteiger partial charge in [0.05, 0.1) is 7.05 Å². The number of fused-ring (bicyclic) bond motifs is 1.